The molecule has 3 nitrogen and oxygen atoms in total. The van der Waals surface area contributed by atoms with Gasteiger partial charge in [-0.3, -0.25) is 4.90 Å². The minimum atomic E-state index is 0. The van der Waals surface area contributed by atoms with Gasteiger partial charge in [-0.15, -0.1) is 31.2 Å². The molecular formula is C9H18Cl2N2O. The minimum Gasteiger partial charge on any atom is -0.367 e. The fraction of sp³-hybridized carbons (Fsp3) is 0.778. The van der Waals surface area contributed by atoms with Gasteiger partial charge in [-0.05, 0) is 0 Å². The van der Waals surface area contributed by atoms with Crippen molar-refractivity contribution in [1.29, 1.82) is 0 Å². The number of hydrogen-bond acceptors (Lipinski definition) is 3. The van der Waals surface area contributed by atoms with Crippen LogP contribution in [0.2, 0.25) is 0 Å². The van der Waals surface area contributed by atoms with Crippen LogP contribution in [0.1, 0.15) is 0 Å². The van der Waals surface area contributed by atoms with Gasteiger partial charge < -0.3 is 10.1 Å². The van der Waals surface area contributed by atoms with E-state index < -0.39 is 0 Å². The molecule has 0 radical (unpaired) electrons. The number of rotatable bonds is 4. The second-order valence-electron chi connectivity index (χ2n) is 2.85. The topological polar surface area (TPSA) is 24.5 Å². The maximum atomic E-state index is 5.19. The minimum absolute atomic E-state index is 0. The fourth-order valence-electron chi connectivity index (χ4n) is 1.26. The first-order valence-electron chi connectivity index (χ1n) is 4.38. The number of terminal acetylenes is 1. The summed E-state index contributed by atoms with van der Waals surface area (Å²) in [5, 5.41) is 3.30. The largest absolute Gasteiger partial charge is 0.367 e. The average Bonchev–Trinajstić information content (AvgIpc) is 2.14. The molecule has 1 rings (SSSR count). The normalized spacial score (nSPS) is 16.2. The lowest BCUT2D eigenvalue weighted by molar-refractivity contribution is 0.121. The molecule has 0 saturated carbocycles. The van der Waals surface area contributed by atoms with Crippen LogP contribution in [0, 0.1) is 12.3 Å². The number of nitrogens with one attached hydrogen (secondary N) is 1. The molecule has 0 aliphatic carbocycles. The third-order valence-corrected chi connectivity index (χ3v) is 1.95. The molecule has 1 aliphatic rings. The third kappa shape index (κ3) is 7.43. The lowest BCUT2D eigenvalue weighted by Gasteiger charge is -2.26. The highest BCUT2D eigenvalue weighted by atomic mass is 35.5. The third-order valence-electron chi connectivity index (χ3n) is 1.95. The van der Waals surface area contributed by atoms with Crippen LogP contribution in [0.3, 0.4) is 0 Å². The van der Waals surface area contributed by atoms with E-state index >= 15 is 0 Å². The van der Waals surface area contributed by atoms with Crippen LogP contribution in [0.5, 0.6) is 0 Å². The Hall–Kier alpha value is 0.0200. The summed E-state index contributed by atoms with van der Waals surface area (Å²) >= 11 is 0. The predicted octanol–water partition coefficient (Wildman–Crippen LogP) is 0.385. The molecule has 1 aliphatic heterocycles. The van der Waals surface area contributed by atoms with Crippen molar-refractivity contribution >= 4 is 24.8 Å². The first-order chi connectivity index (χ1) is 5.93. The van der Waals surface area contributed by atoms with Crippen molar-refractivity contribution in [2.24, 2.45) is 0 Å². The molecular weight excluding hydrogens is 223 g/mol. The van der Waals surface area contributed by atoms with E-state index in [1.807, 2.05) is 0 Å². The van der Waals surface area contributed by atoms with E-state index in [1.165, 1.54) is 0 Å². The van der Waals surface area contributed by atoms with Crippen LogP contribution in [0.25, 0.3) is 0 Å². The molecule has 84 valence electrons. The summed E-state index contributed by atoms with van der Waals surface area (Å²) < 4.78 is 5.19. The first-order valence-corrected chi connectivity index (χ1v) is 4.38. The molecule has 0 spiro atoms. The highest BCUT2D eigenvalue weighted by Gasteiger charge is 2.07. The van der Waals surface area contributed by atoms with Crippen LogP contribution in [-0.2, 0) is 4.74 Å². The molecule has 1 heterocycles. The van der Waals surface area contributed by atoms with Crippen molar-refractivity contribution in [2.75, 3.05) is 45.9 Å². The van der Waals surface area contributed by atoms with Gasteiger partial charge in [0.15, 0.2) is 0 Å². The Morgan fingerprint density at radius 2 is 1.93 bits per heavy atom. The van der Waals surface area contributed by atoms with Crippen molar-refractivity contribution in [2.45, 2.75) is 0 Å². The van der Waals surface area contributed by atoms with Gasteiger partial charge in [0.25, 0.3) is 0 Å². The second kappa shape index (κ2) is 11.1. The summed E-state index contributed by atoms with van der Waals surface area (Å²) in [7, 11) is 0. The molecule has 0 bridgehead atoms. The van der Waals surface area contributed by atoms with Crippen LogP contribution in [0.4, 0.5) is 0 Å². The summed E-state index contributed by atoms with van der Waals surface area (Å²) in [4.78, 5) is 2.38. The molecule has 1 N–H and O–H groups in total. The Balaban J connectivity index is 0. The molecule has 1 saturated heterocycles. The smallest absolute Gasteiger partial charge is 0.107 e. The maximum absolute atomic E-state index is 5.19. The van der Waals surface area contributed by atoms with E-state index in [4.69, 9.17) is 11.2 Å². The lowest BCUT2D eigenvalue weighted by Crippen LogP contribution is -2.44. The molecule has 14 heavy (non-hydrogen) atoms. The number of ether oxygens (including phenoxy) is 1. The Kier molecular flexibility index (Phi) is 13.0. The van der Waals surface area contributed by atoms with Gasteiger partial charge in [0.05, 0.1) is 6.61 Å². The van der Waals surface area contributed by atoms with E-state index in [2.05, 4.69) is 16.1 Å². The fourth-order valence-corrected chi connectivity index (χ4v) is 1.26. The number of piperazine rings is 1. The molecule has 0 aromatic carbocycles. The van der Waals surface area contributed by atoms with Crippen LogP contribution < -0.4 is 5.32 Å². The first kappa shape index (κ1) is 16.4. The Morgan fingerprint density at radius 3 is 2.50 bits per heavy atom. The molecule has 1 fully saturated rings. The lowest BCUT2D eigenvalue weighted by atomic mass is 10.4. The van der Waals surface area contributed by atoms with Crippen molar-refractivity contribution in [1.82, 2.24) is 10.2 Å². The summed E-state index contributed by atoms with van der Waals surface area (Å²) in [5.41, 5.74) is 0. The highest BCUT2D eigenvalue weighted by Crippen LogP contribution is 1.90. The zero-order valence-electron chi connectivity index (χ0n) is 8.20. The summed E-state index contributed by atoms with van der Waals surface area (Å²) in [6.07, 6.45) is 5.05. The zero-order valence-corrected chi connectivity index (χ0v) is 9.83. The van der Waals surface area contributed by atoms with Gasteiger partial charge >= 0.3 is 0 Å². The monoisotopic (exact) mass is 240 g/mol. The Labute approximate surface area is 98.4 Å². The molecule has 0 atom stereocenters. The van der Waals surface area contributed by atoms with Crippen molar-refractivity contribution < 1.29 is 4.74 Å². The maximum Gasteiger partial charge on any atom is 0.107 e. The van der Waals surface area contributed by atoms with Crippen LogP contribution >= 0.6 is 24.8 Å². The van der Waals surface area contributed by atoms with E-state index in [0.29, 0.717) is 6.61 Å². The van der Waals surface area contributed by atoms with Gasteiger partial charge in [-0.1, -0.05) is 5.92 Å². The van der Waals surface area contributed by atoms with Gasteiger partial charge in [0.2, 0.25) is 0 Å². The molecule has 0 amide bonds. The van der Waals surface area contributed by atoms with Crippen molar-refractivity contribution in [3.05, 3.63) is 0 Å². The second-order valence-corrected chi connectivity index (χ2v) is 2.85. The Bertz CT molecular complexity index is 155. The molecule has 5 heteroatoms. The number of halogens is 2. The van der Waals surface area contributed by atoms with Gasteiger partial charge in [0, 0.05) is 32.7 Å². The van der Waals surface area contributed by atoms with E-state index in [9.17, 15) is 0 Å². The van der Waals surface area contributed by atoms with Gasteiger partial charge in [0.1, 0.15) is 6.61 Å². The molecule has 0 aromatic rings. The highest BCUT2D eigenvalue weighted by molar-refractivity contribution is 5.85. The zero-order chi connectivity index (χ0) is 8.65. The standard InChI is InChI=1S/C9H16N2O.2ClH/c1-2-8-12-9-7-11-5-3-10-4-6-11;;/h1,10H,3-9H2;2*1H. The van der Waals surface area contributed by atoms with Crippen LogP contribution in [-0.4, -0.2) is 50.8 Å². The summed E-state index contributed by atoms with van der Waals surface area (Å²) in [5.74, 6) is 2.45. The van der Waals surface area contributed by atoms with E-state index in [-0.39, 0.29) is 24.8 Å². The van der Waals surface area contributed by atoms with E-state index in [0.717, 1.165) is 39.3 Å². The van der Waals surface area contributed by atoms with Crippen molar-refractivity contribution in [3.63, 3.8) is 0 Å². The number of nitrogens with zero attached hydrogens (tertiary/aromatic N) is 1. The molecule has 0 aromatic heterocycles. The van der Waals surface area contributed by atoms with Crippen molar-refractivity contribution in [3.8, 4) is 12.3 Å². The number of hydrogen-bond donors (Lipinski definition) is 1. The quantitative estimate of drug-likeness (QED) is 0.569. The van der Waals surface area contributed by atoms with Crippen LogP contribution in [0.15, 0.2) is 0 Å². The Morgan fingerprint density at radius 1 is 1.29 bits per heavy atom. The average molecular weight is 241 g/mol. The van der Waals surface area contributed by atoms with Gasteiger partial charge in [-0.25, -0.2) is 0 Å². The van der Waals surface area contributed by atoms with Gasteiger partial charge in [-0.2, -0.15) is 0 Å². The SMILES string of the molecule is C#CCOCCN1CCNCC1.Cl.Cl. The summed E-state index contributed by atoms with van der Waals surface area (Å²) in [6.45, 7) is 6.63. The summed E-state index contributed by atoms with van der Waals surface area (Å²) in [6, 6.07) is 0. The molecule has 0 unspecified atom stereocenters. The predicted molar refractivity (Wildman–Crippen MR) is 63.5 cm³/mol. The van der Waals surface area contributed by atoms with E-state index in [1.54, 1.807) is 0 Å².